The first-order chi connectivity index (χ1) is 8.49. The van der Waals surface area contributed by atoms with E-state index in [1.54, 1.807) is 11.0 Å². The number of hydrogen-bond acceptors (Lipinski definition) is 2. The van der Waals surface area contributed by atoms with Crippen molar-refractivity contribution >= 4 is 29.1 Å². The molecule has 1 aromatic heterocycles. The second-order valence-electron chi connectivity index (χ2n) is 4.35. The third-order valence-corrected chi connectivity index (χ3v) is 3.63. The van der Waals surface area contributed by atoms with E-state index in [0.717, 1.165) is 13.0 Å². The molecule has 1 aromatic rings. The number of carbonyl (C=O) groups is 1. The van der Waals surface area contributed by atoms with Crippen molar-refractivity contribution in [2.45, 2.75) is 27.2 Å². The summed E-state index contributed by atoms with van der Waals surface area (Å²) in [4.78, 5) is 18.0. The Kier molecular flexibility index (Phi) is 5.89. The highest BCUT2D eigenvalue weighted by Crippen LogP contribution is 2.20. The number of pyridine rings is 1. The summed E-state index contributed by atoms with van der Waals surface area (Å²) in [6.45, 7) is 7.62. The summed E-state index contributed by atoms with van der Waals surface area (Å²) in [5.74, 6) is 0.425. The maximum absolute atomic E-state index is 12.3. The maximum Gasteiger partial charge on any atom is 0.255 e. The van der Waals surface area contributed by atoms with Gasteiger partial charge in [-0.05, 0) is 18.9 Å². The van der Waals surface area contributed by atoms with E-state index in [4.69, 9.17) is 23.2 Å². The van der Waals surface area contributed by atoms with E-state index in [9.17, 15) is 4.79 Å². The maximum atomic E-state index is 12.3. The van der Waals surface area contributed by atoms with Gasteiger partial charge in [0.05, 0.1) is 10.6 Å². The Morgan fingerprint density at radius 3 is 2.61 bits per heavy atom. The fraction of sp³-hybridized carbons (Fsp3) is 0.538. The van der Waals surface area contributed by atoms with Crippen LogP contribution in [0, 0.1) is 5.92 Å². The summed E-state index contributed by atoms with van der Waals surface area (Å²) in [5, 5.41) is 0.528. The Morgan fingerprint density at radius 2 is 2.11 bits per heavy atom. The van der Waals surface area contributed by atoms with Crippen LogP contribution >= 0.6 is 23.2 Å². The number of halogens is 2. The second-order valence-corrected chi connectivity index (χ2v) is 5.12. The highest BCUT2D eigenvalue weighted by atomic mass is 35.5. The molecule has 100 valence electrons. The molecule has 0 aromatic carbocycles. The van der Waals surface area contributed by atoms with E-state index < -0.39 is 0 Å². The molecule has 18 heavy (non-hydrogen) atoms. The molecule has 0 radical (unpaired) electrons. The van der Waals surface area contributed by atoms with Crippen LogP contribution in [-0.4, -0.2) is 28.9 Å². The molecule has 0 N–H and O–H groups in total. The Morgan fingerprint density at radius 1 is 1.44 bits per heavy atom. The predicted molar refractivity (Wildman–Crippen MR) is 75.3 cm³/mol. The van der Waals surface area contributed by atoms with Gasteiger partial charge in [0.15, 0.2) is 0 Å². The van der Waals surface area contributed by atoms with Crippen LogP contribution in [0.15, 0.2) is 12.3 Å². The van der Waals surface area contributed by atoms with Crippen LogP contribution in [0.4, 0.5) is 0 Å². The summed E-state index contributed by atoms with van der Waals surface area (Å²) >= 11 is 11.6. The van der Waals surface area contributed by atoms with E-state index in [-0.39, 0.29) is 11.1 Å². The van der Waals surface area contributed by atoms with E-state index in [2.05, 4.69) is 18.8 Å². The monoisotopic (exact) mass is 288 g/mol. The fourth-order valence-corrected chi connectivity index (χ4v) is 1.85. The lowest BCUT2D eigenvalue weighted by Gasteiger charge is -2.24. The highest BCUT2D eigenvalue weighted by molar-refractivity contribution is 6.41. The highest BCUT2D eigenvalue weighted by Gasteiger charge is 2.17. The van der Waals surface area contributed by atoms with Gasteiger partial charge < -0.3 is 4.90 Å². The molecule has 0 aliphatic rings. The molecule has 1 unspecified atom stereocenters. The molecule has 0 aliphatic heterocycles. The van der Waals surface area contributed by atoms with Gasteiger partial charge in [-0.2, -0.15) is 0 Å². The van der Waals surface area contributed by atoms with Gasteiger partial charge in [-0.25, -0.2) is 4.98 Å². The molecular weight excluding hydrogens is 271 g/mol. The molecule has 0 bridgehead atoms. The smallest absolute Gasteiger partial charge is 0.255 e. The molecule has 5 heteroatoms. The molecular formula is C13H18Cl2N2O. The normalized spacial score (nSPS) is 12.3. The van der Waals surface area contributed by atoms with Gasteiger partial charge in [-0.15, -0.1) is 0 Å². The van der Waals surface area contributed by atoms with Gasteiger partial charge in [-0.1, -0.05) is 43.5 Å². The molecule has 0 fully saturated rings. The van der Waals surface area contributed by atoms with Crippen molar-refractivity contribution in [2.75, 3.05) is 13.1 Å². The van der Waals surface area contributed by atoms with Crippen LogP contribution in [-0.2, 0) is 0 Å². The first-order valence-corrected chi connectivity index (χ1v) is 6.85. The van der Waals surface area contributed by atoms with Gasteiger partial charge in [0.2, 0.25) is 0 Å². The molecule has 0 spiro atoms. The lowest BCUT2D eigenvalue weighted by atomic mass is 10.1. The molecule has 0 saturated carbocycles. The van der Waals surface area contributed by atoms with Gasteiger partial charge in [0, 0.05) is 19.3 Å². The van der Waals surface area contributed by atoms with Crippen molar-refractivity contribution in [2.24, 2.45) is 5.92 Å². The molecule has 1 heterocycles. The zero-order valence-corrected chi connectivity index (χ0v) is 12.4. The minimum Gasteiger partial charge on any atom is -0.339 e. The van der Waals surface area contributed by atoms with Crippen LogP contribution in [0.1, 0.15) is 37.6 Å². The Labute approximate surface area is 118 Å². The summed E-state index contributed by atoms with van der Waals surface area (Å²) < 4.78 is 0. The van der Waals surface area contributed by atoms with Gasteiger partial charge in [0.25, 0.3) is 5.91 Å². The summed E-state index contributed by atoms with van der Waals surface area (Å²) in [6.07, 6.45) is 2.51. The van der Waals surface area contributed by atoms with Crippen molar-refractivity contribution < 1.29 is 4.79 Å². The first kappa shape index (κ1) is 15.3. The van der Waals surface area contributed by atoms with Crippen molar-refractivity contribution in [3.05, 3.63) is 28.0 Å². The molecule has 1 amide bonds. The fourth-order valence-electron chi connectivity index (χ4n) is 1.58. The number of hydrogen-bond donors (Lipinski definition) is 0. The second kappa shape index (κ2) is 6.95. The van der Waals surface area contributed by atoms with E-state index in [0.29, 0.717) is 23.0 Å². The summed E-state index contributed by atoms with van der Waals surface area (Å²) in [7, 11) is 0. The summed E-state index contributed by atoms with van der Waals surface area (Å²) in [6, 6.07) is 1.57. The molecule has 1 rings (SSSR count). The number of rotatable bonds is 5. The molecule has 0 aliphatic carbocycles. The predicted octanol–water partition coefficient (Wildman–Crippen LogP) is 3.90. The van der Waals surface area contributed by atoms with Crippen LogP contribution in [0.25, 0.3) is 0 Å². The Hall–Kier alpha value is -0.800. The van der Waals surface area contributed by atoms with Crippen LogP contribution in [0.2, 0.25) is 10.2 Å². The van der Waals surface area contributed by atoms with Crippen molar-refractivity contribution in [3.63, 3.8) is 0 Å². The minimum absolute atomic E-state index is 0.0520. The third kappa shape index (κ3) is 3.85. The zero-order valence-electron chi connectivity index (χ0n) is 10.9. The zero-order chi connectivity index (χ0) is 13.7. The number of aromatic nitrogens is 1. The van der Waals surface area contributed by atoms with Crippen LogP contribution in [0.3, 0.4) is 0 Å². The Bertz CT molecular complexity index is 423. The van der Waals surface area contributed by atoms with Crippen molar-refractivity contribution in [3.8, 4) is 0 Å². The minimum atomic E-state index is -0.0520. The van der Waals surface area contributed by atoms with Crippen LogP contribution in [0.5, 0.6) is 0 Å². The lowest BCUT2D eigenvalue weighted by Crippen LogP contribution is -2.34. The average Bonchev–Trinajstić information content (AvgIpc) is 2.38. The van der Waals surface area contributed by atoms with E-state index in [1.807, 2.05) is 6.92 Å². The quantitative estimate of drug-likeness (QED) is 0.770. The van der Waals surface area contributed by atoms with E-state index >= 15 is 0 Å². The average molecular weight is 289 g/mol. The number of carbonyl (C=O) groups excluding carboxylic acids is 1. The largest absolute Gasteiger partial charge is 0.339 e. The van der Waals surface area contributed by atoms with E-state index in [1.165, 1.54) is 6.20 Å². The molecule has 3 nitrogen and oxygen atoms in total. The number of amides is 1. The molecule has 0 saturated heterocycles. The van der Waals surface area contributed by atoms with Crippen LogP contribution < -0.4 is 0 Å². The van der Waals surface area contributed by atoms with Crippen molar-refractivity contribution in [1.82, 2.24) is 9.88 Å². The van der Waals surface area contributed by atoms with Gasteiger partial charge >= 0.3 is 0 Å². The molecule has 1 atom stereocenters. The standard InChI is InChI=1S/C13H18Cl2N2O/c1-4-9(3)8-17(5-2)13(18)10-6-11(14)12(15)16-7-10/h6-7,9H,4-5,8H2,1-3H3. The SMILES string of the molecule is CCC(C)CN(CC)C(=O)c1cnc(Cl)c(Cl)c1. The summed E-state index contributed by atoms with van der Waals surface area (Å²) in [5.41, 5.74) is 0.481. The number of nitrogens with zero attached hydrogens (tertiary/aromatic N) is 2. The van der Waals surface area contributed by atoms with Gasteiger partial charge in [0.1, 0.15) is 5.15 Å². The Balaban J connectivity index is 2.86. The van der Waals surface area contributed by atoms with Crippen molar-refractivity contribution in [1.29, 1.82) is 0 Å². The first-order valence-electron chi connectivity index (χ1n) is 6.09. The van der Waals surface area contributed by atoms with Gasteiger partial charge in [-0.3, -0.25) is 4.79 Å². The topological polar surface area (TPSA) is 33.2 Å². The lowest BCUT2D eigenvalue weighted by molar-refractivity contribution is 0.0740. The third-order valence-electron chi connectivity index (χ3n) is 2.94.